The Labute approximate surface area is 190 Å². The predicted octanol–water partition coefficient (Wildman–Crippen LogP) is 2.14. The maximum absolute atomic E-state index is 14.3. The fourth-order valence-electron chi connectivity index (χ4n) is 4.62. The zero-order chi connectivity index (χ0) is 23.3. The van der Waals surface area contributed by atoms with Gasteiger partial charge >= 0.3 is 0 Å². The van der Waals surface area contributed by atoms with Gasteiger partial charge in [-0.05, 0) is 38.0 Å². The van der Waals surface area contributed by atoms with Crippen LogP contribution in [0.5, 0.6) is 0 Å². The van der Waals surface area contributed by atoms with Gasteiger partial charge in [0.25, 0.3) is 5.91 Å². The van der Waals surface area contributed by atoms with Crippen molar-refractivity contribution >= 4 is 23.2 Å². The zero-order valence-electron chi connectivity index (χ0n) is 18.8. The number of nitrogens with two attached hydrogens (primary N) is 1. The number of benzene rings is 1. The van der Waals surface area contributed by atoms with Gasteiger partial charge in [-0.15, -0.1) is 10.2 Å². The highest BCUT2D eigenvalue weighted by Crippen LogP contribution is 2.41. The lowest BCUT2D eigenvalue weighted by Crippen LogP contribution is -2.33. The smallest absolute Gasteiger partial charge is 0.274 e. The highest BCUT2D eigenvalue weighted by molar-refractivity contribution is 5.98. The van der Waals surface area contributed by atoms with Crippen molar-refractivity contribution in [1.82, 2.24) is 29.9 Å². The predicted molar refractivity (Wildman–Crippen MR) is 122 cm³/mol. The number of fused-ring (bicyclic) bond motifs is 8. The Balaban J connectivity index is 1.72. The van der Waals surface area contributed by atoms with E-state index in [1.807, 2.05) is 6.92 Å². The van der Waals surface area contributed by atoms with E-state index in [1.165, 1.54) is 6.07 Å². The molecule has 1 aromatic carbocycles. The number of carbonyl (C=O) groups excluding carboxylic acids is 1. The number of hydrogen-bond acceptors (Lipinski definition) is 8. The minimum Gasteiger partial charge on any atom is -0.383 e. The Kier molecular flexibility index (Phi) is 5.10. The van der Waals surface area contributed by atoms with Gasteiger partial charge in [0.15, 0.2) is 23.2 Å². The van der Waals surface area contributed by atoms with Crippen LogP contribution in [0.4, 0.5) is 21.7 Å². The molecular formula is C22H26FN9O. The molecule has 10 nitrogen and oxygen atoms in total. The molecule has 11 heteroatoms. The number of aromatic nitrogens is 5. The van der Waals surface area contributed by atoms with Crippen LogP contribution in [0.1, 0.15) is 40.6 Å². The van der Waals surface area contributed by atoms with E-state index in [0.29, 0.717) is 36.8 Å². The normalized spacial score (nSPS) is 18.3. The van der Waals surface area contributed by atoms with E-state index in [2.05, 4.69) is 25.5 Å². The Morgan fingerprint density at radius 1 is 1.21 bits per heavy atom. The van der Waals surface area contributed by atoms with Crippen molar-refractivity contribution in [3.63, 3.8) is 0 Å². The molecular weight excluding hydrogens is 425 g/mol. The highest BCUT2D eigenvalue weighted by atomic mass is 19.1. The molecule has 2 aliphatic rings. The molecule has 2 aromatic heterocycles. The fourth-order valence-corrected chi connectivity index (χ4v) is 4.62. The van der Waals surface area contributed by atoms with Gasteiger partial charge in [-0.1, -0.05) is 0 Å². The standard InChI is InChI=1S/C22H26FN9O/c1-12-17-18(29-31(12)3)22(33)30(2)10-8-25-15-7-6-13(23)11-14(15)16-5-4-9-32(16)21-19(24)27-28-20(17)26-21/h6-7,11,16,25H,4-5,8-10H2,1-3H3,(H2,24,27)/t16-/m1/s1. The first kappa shape index (κ1) is 21.1. The van der Waals surface area contributed by atoms with E-state index in [9.17, 15) is 9.18 Å². The minimum absolute atomic E-state index is 0.119. The fraction of sp³-hybridized carbons (Fsp3) is 0.409. The average Bonchev–Trinajstić information content (AvgIpc) is 3.39. The van der Waals surface area contributed by atoms with E-state index in [1.54, 1.807) is 35.8 Å². The molecule has 0 spiro atoms. The van der Waals surface area contributed by atoms with E-state index >= 15 is 0 Å². The van der Waals surface area contributed by atoms with Crippen LogP contribution >= 0.6 is 0 Å². The lowest BCUT2D eigenvalue weighted by Gasteiger charge is -2.29. The second-order valence-electron chi connectivity index (χ2n) is 8.51. The molecule has 1 atom stereocenters. The van der Waals surface area contributed by atoms with Crippen molar-refractivity contribution < 1.29 is 9.18 Å². The summed E-state index contributed by atoms with van der Waals surface area (Å²) < 4.78 is 15.9. The lowest BCUT2D eigenvalue weighted by atomic mass is 10.0. The average molecular weight is 452 g/mol. The van der Waals surface area contributed by atoms with Crippen molar-refractivity contribution in [2.45, 2.75) is 25.8 Å². The van der Waals surface area contributed by atoms with Crippen LogP contribution in [0, 0.1) is 12.7 Å². The summed E-state index contributed by atoms with van der Waals surface area (Å²) >= 11 is 0. The number of anilines is 3. The first-order valence-corrected chi connectivity index (χ1v) is 10.9. The molecule has 3 N–H and O–H groups in total. The number of amides is 1. The summed E-state index contributed by atoms with van der Waals surface area (Å²) in [7, 11) is 3.50. The first-order chi connectivity index (χ1) is 15.8. The van der Waals surface area contributed by atoms with Gasteiger partial charge in [0.05, 0.1) is 11.6 Å². The quantitative estimate of drug-likeness (QED) is 0.534. The largest absolute Gasteiger partial charge is 0.383 e. The molecule has 0 aliphatic carbocycles. The Bertz CT molecular complexity index is 1240. The second kappa shape index (κ2) is 7.98. The summed E-state index contributed by atoms with van der Waals surface area (Å²) in [4.78, 5) is 21.7. The number of nitrogens with zero attached hydrogens (tertiary/aromatic N) is 7. The maximum Gasteiger partial charge on any atom is 0.274 e. The van der Waals surface area contributed by atoms with Gasteiger partial charge in [-0.3, -0.25) is 9.48 Å². The molecule has 5 rings (SSSR count). The van der Waals surface area contributed by atoms with Gasteiger partial charge < -0.3 is 20.9 Å². The van der Waals surface area contributed by atoms with Crippen LogP contribution < -0.4 is 16.0 Å². The third kappa shape index (κ3) is 3.53. The van der Waals surface area contributed by atoms with Gasteiger partial charge in [-0.25, -0.2) is 9.37 Å². The monoisotopic (exact) mass is 451 g/mol. The number of carbonyl (C=O) groups is 1. The third-order valence-electron chi connectivity index (χ3n) is 6.46. The number of likely N-dealkylation sites (N-methyl/N-ethyl adjacent to an activating group) is 1. The van der Waals surface area contributed by atoms with Gasteiger partial charge in [0.1, 0.15) is 5.82 Å². The molecule has 3 aromatic rings. The molecule has 1 amide bonds. The van der Waals surface area contributed by atoms with Crippen LogP contribution in [0.25, 0.3) is 11.4 Å². The van der Waals surface area contributed by atoms with E-state index in [0.717, 1.165) is 29.8 Å². The summed E-state index contributed by atoms with van der Waals surface area (Å²) in [6.07, 6.45) is 1.73. The van der Waals surface area contributed by atoms with Gasteiger partial charge in [0, 0.05) is 50.7 Å². The summed E-state index contributed by atoms with van der Waals surface area (Å²) in [6, 6.07) is 4.61. The second-order valence-corrected chi connectivity index (χ2v) is 8.51. The Morgan fingerprint density at radius 2 is 2.03 bits per heavy atom. The molecule has 2 aliphatic heterocycles. The summed E-state index contributed by atoms with van der Waals surface area (Å²) in [5.41, 5.74) is 9.43. The molecule has 0 unspecified atom stereocenters. The topological polar surface area (TPSA) is 118 Å². The van der Waals surface area contributed by atoms with Crippen LogP contribution in [-0.4, -0.2) is 62.5 Å². The highest BCUT2D eigenvalue weighted by Gasteiger charge is 2.33. The molecule has 2 bridgehead atoms. The van der Waals surface area contributed by atoms with Crippen molar-refractivity contribution in [1.29, 1.82) is 0 Å². The molecule has 0 saturated carbocycles. The van der Waals surface area contributed by atoms with Crippen LogP contribution in [0.3, 0.4) is 0 Å². The van der Waals surface area contributed by atoms with E-state index in [-0.39, 0.29) is 29.3 Å². The van der Waals surface area contributed by atoms with E-state index < -0.39 is 0 Å². The number of aryl methyl sites for hydroxylation is 1. The van der Waals surface area contributed by atoms with Crippen LogP contribution in [-0.2, 0) is 7.05 Å². The Hall–Kier alpha value is -3.76. The van der Waals surface area contributed by atoms with Crippen molar-refractivity contribution in [2.24, 2.45) is 7.05 Å². The van der Waals surface area contributed by atoms with Gasteiger partial charge in [0.2, 0.25) is 0 Å². The summed E-state index contributed by atoms with van der Waals surface area (Å²) in [6.45, 7) is 3.50. The molecule has 33 heavy (non-hydrogen) atoms. The minimum atomic E-state index is -0.305. The molecule has 1 fully saturated rings. The summed E-state index contributed by atoms with van der Waals surface area (Å²) in [5, 5.41) is 16.2. The van der Waals surface area contributed by atoms with Gasteiger partial charge in [-0.2, -0.15) is 5.10 Å². The third-order valence-corrected chi connectivity index (χ3v) is 6.46. The van der Waals surface area contributed by atoms with Crippen molar-refractivity contribution in [2.75, 3.05) is 42.6 Å². The molecule has 172 valence electrons. The number of nitrogens with one attached hydrogen (secondary N) is 1. The van der Waals surface area contributed by atoms with Crippen LogP contribution in [0.2, 0.25) is 0 Å². The SMILES string of the molecule is Cc1c2c(nn1C)C(=O)N(C)CCNc1ccc(F)cc1[C@H]1CCCN1c1nc-2nnc1N. The van der Waals surface area contributed by atoms with Crippen LogP contribution in [0.15, 0.2) is 18.2 Å². The molecule has 0 radical (unpaired) electrons. The number of rotatable bonds is 0. The van der Waals surface area contributed by atoms with Crippen molar-refractivity contribution in [3.05, 3.63) is 41.0 Å². The maximum atomic E-state index is 14.3. The first-order valence-electron chi connectivity index (χ1n) is 10.9. The number of halogens is 1. The number of nitrogen functional groups attached to an aromatic ring is 1. The number of hydrogen-bond donors (Lipinski definition) is 2. The Morgan fingerprint density at radius 3 is 2.85 bits per heavy atom. The van der Waals surface area contributed by atoms with E-state index in [4.69, 9.17) is 10.7 Å². The molecule has 4 heterocycles. The zero-order valence-corrected chi connectivity index (χ0v) is 18.8. The molecule has 1 saturated heterocycles. The lowest BCUT2D eigenvalue weighted by molar-refractivity contribution is 0.0794. The summed E-state index contributed by atoms with van der Waals surface area (Å²) in [5.74, 6) is 0.413. The van der Waals surface area contributed by atoms with Crippen molar-refractivity contribution in [3.8, 4) is 11.4 Å².